The smallest absolute Gasteiger partial charge is 0.345 e. The van der Waals surface area contributed by atoms with E-state index in [2.05, 4.69) is 4.98 Å². The van der Waals surface area contributed by atoms with Crippen LogP contribution >= 0.6 is 0 Å². The lowest BCUT2D eigenvalue weighted by Gasteiger charge is -2.12. The Kier molecular flexibility index (Phi) is 4.60. The zero-order valence-corrected chi connectivity index (χ0v) is 15.0. The number of rotatable bonds is 4. The molecule has 0 spiro atoms. The number of hydrogen-bond acceptors (Lipinski definition) is 5. The van der Waals surface area contributed by atoms with Gasteiger partial charge in [-0.05, 0) is 42.5 Å². The highest BCUT2D eigenvalue weighted by Gasteiger charge is 2.17. The van der Waals surface area contributed by atoms with Crippen molar-refractivity contribution >= 4 is 16.7 Å². The predicted molar refractivity (Wildman–Crippen MR) is 105 cm³/mol. The van der Waals surface area contributed by atoms with Crippen molar-refractivity contribution in [1.29, 1.82) is 0 Å². The van der Waals surface area contributed by atoms with Crippen LogP contribution in [0, 0.1) is 0 Å². The third kappa shape index (κ3) is 3.23. The summed E-state index contributed by atoms with van der Waals surface area (Å²) in [6, 6.07) is 17.3. The third-order valence-electron chi connectivity index (χ3n) is 4.34. The van der Waals surface area contributed by atoms with Crippen molar-refractivity contribution in [3.63, 3.8) is 0 Å². The van der Waals surface area contributed by atoms with E-state index < -0.39 is 5.97 Å². The summed E-state index contributed by atoms with van der Waals surface area (Å²) >= 11 is 0. The molecule has 0 radical (unpaired) electrons. The lowest BCUT2D eigenvalue weighted by molar-refractivity contribution is 0.0735. The Hall–Kier alpha value is -3.93. The maximum absolute atomic E-state index is 13.0. The van der Waals surface area contributed by atoms with E-state index in [1.807, 2.05) is 0 Å². The second-order valence-corrected chi connectivity index (χ2v) is 6.04. The lowest BCUT2D eigenvalue weighted by atomic mass is 10.1. The number of esters is 1. The largest absolute Gasteiger partial charge is 0.497 e. The van der Waals surface area contributed by atoms with Gasteiger partial charge in [-0.2, -0.15) is 0 Å². The number of nitrogens with zero attached hydrogens (tertiary/aromatic N) is 2. The van der Waals surface area contributed by atoms with E-state index in [4.69, 9.17) is 9.47 Å². The molecule has 28 heavy (non-hydrogen) atoms. The number of carbonyl (C=O) groups excluding carboxylic acids is 1. The van der Waals surface area contributed by atoms with Gasteiger partial charge in [0.05, 0.1) is 18.9 Å². The minimum Gasteiger partial charge on any atom is -0.497 e. The van der Waals surface area contributed by atoms with Crippen molar-refractivity contribution in [2.75, 3.05) is 7.11 Å². The van der Waals surface area contributed by atoms with Crippen LogP contribution in [-0.2, 0) is 0 Å². The molecule has 0 saturated carbocycles. The van der Waals surface area contributed by atoms with Crippen LogP contribution in [0.4, 0.5) is 0 Å². The molecule has 4 aromatic rings. The van der Waals surface area contributed by atoms with Crippen molar-refractivity contribution < 1.29 is 14.3 Å². The first-order chi connectivity index (χ1) is 13.7. The molecule has 0 unspecified atom stereocenters. The molecular formula is C22H16N2O4. The second kappa shape index (κ2) is 7.36. The van der Waals surface area contributed by atoms with Gasteiger partial charge in [0.15, 0.2) is 0 Å². The summed E-state index contributed by atoms with van der Waals surface area (Å²) in [6.07, 6.45) is 4.56. The van der Waals surface area contributed by atoms with Crippen LogP contribution in [0.5, 0.6) is 11.5 Å². The summed E-state index contributed by atoms with van der Waals surface area (Å²) in [5.41, 5.74) is 0.681. The van der Waals surface area contributed by atoms with Crippen LogP contribution in [0.25, 0.3) is 16.5 Å². The number of benzene rings is 2. The monoisotopic (exact) mass is 372 g/mol. The normalized spacial score (nSPS) is 10.6. The Bertz CT molecular complexity index is 1200. The molecule has 2 aromatic heterocycles. The summed E-state index contributed by atoms with van der Waals surface area (Å²) in [5.74, 6) is 0.444. The number of pyridine rings is 2. The van der Waals surface area contributed by atoms with Crippen LogP contribution in [0.15, 0.2) is 84.0 Å². The minimum atomic E-state index is -0.563. The van der Waals surface area contributed by atoms with Crippen molar-refractivity contribution in [1.82, 2.24) is 9.55 Å². The third-order valence-corrected chi connectivity index (χ3v) is 4.34. The van der Waals surface area contributed by atoms with Crippen molar-refractivity contribution in [2.45, 2.75) is 0 Å². The first-order valence-corrected chi connectivity index (χ1v) is 8.58. The van der Waals surface area contributed by atoms with E-state index in [1.54, 1.807) is 74.0 Å². The van der Waals surface area contributed by atoms with Crippen LogP contribution < -0.4 is 15.0 Å². The maximum Gasteiger partial charge on any atom is 0.345 e. The highest BCUT2D eigenvalue weighted by atomic mass is 16.5. The quantitative estimate of drug-likeness (QED) is 0.512. The van der Waals surface area contributed by atoms with Gasteiger partial charge in [-0.15, -0.1) is 0 Å². The molecule has 0 aliphatic rings. The molecule has 0 amide bonds. The fourth-order valence-electron chi connectivity index (χ4n) is 2.96. The summed E-state index contributed by atoms with van der Waals surface area (Å²) in [6.45, 7) is 0. The first kappa shape index (κ1) is 17.5. The van der Waals surface area contributed by atoms with Crippen molar-refractivity contribution in [3.8, 4) is 17.2 Å². The molecule has 6 heteroatoms. The zero-order valence-electron chi connectivity index (χ0n) is 15.0. The number of hydrogen-bond donors (Lipinski definition) is 0. The lowest BCUT2D eigenvalue weighted by Crippen LogP contribution is -2.22. The molecule has 6 nitrogen and oxygen atoms in total. The van der Waals surface area contributed by atoms with E-state index in [1.165, 1.54) is 17.0 Å². The van der Waals surface area contributed by atoms with Crippen LogP contribution in [0.2, 0.25) is 0 Å². The van der Waals surface area contributed by atoms with Gasteiger partial charge in [-0.25, -0.2) is 4.79 Å². The highest BCUT2D eigenvalue weighted by molar-refractivity contribution is 6.04. The Morgan fingerprint density at radius 1 is 0.929 bits per heavy atom. The SMILES string of the molecule is COc1ccc(-n2cc(C(=O)Oc3cccnc3)c3ccccc3c2=O)cc1. The number of methoxy groups -OCH3 is 1. The molecule has 2 aromatic carbocycles. The van der Waals surface area contributed by atoms with E-state index in [0.717, 1.165) is 0 Å². The van der Waals surface area contributed by atoms with Gasteiger partial charge in [0.25, 0.3) is 5.56 Å². The van der Waals surface area contributed by atoms with Crippen molar-refractivity contribution in [3.05, 3.63) is 95.2 Å². The van der Waals surface area contributed by atoms with Gasteiger partial charge in [0, 0.05) is 28.9 Å². The van der Waals surface area contributed by atoms with Gasteiger partial charge in [-0.3, -0.25) is 14.3 Å². The number of fused-ring (bicyclic) bond motifs is 1. The summed E-state index contributed by atoms with van der Waals surface area (Å²) in [4.78, 5) is 29.8. The highest BCUT2D eigenvalue weighted by Crippen LogP contribution is 2.21. The molecule has 4 rings (SSSR count). The van der Waals surface area contributed by atoms with Crippen LogP contribution in [0.1, 0.15) is 10.4 Å². The average Bonchev–Trinajstić information content (AvgIpc) is 2.75. The molecule has 0 fully saturated rings. The van der Waals surface area contributed by atoms with Crippen molar-refractivity contribution in [2.24, 2.45) is 0 Å². The summed E-state index contributed by atoms with van der Waals surface area (Å²) in [7, 11) is 1.57. The Morgan fingerprint density at radius 2 is 1.68 bits per heavy atom. The van der Waals surface area contributed by atoms with E-state index in [-0.39, 0.29) is 11.1 Å². The predicted octanol–water partition coefficient (Wildman–Crippen LogP) is 3.61. The van der Waals surface area contributed by atoms with E-state index in [9.17, 15) is 9.59 Å². The first-order valence-electron chi connectivity index (χ1n) is 8.58. The fraction of sp³-hybridized carbons (Fsp3) is 0.0455. The van der Waals surface area contributed by atoms with Gasteiger partial charge >= 0.3 is 5.97 Å². The molecule has 0 saturated heterocycles. The molecule has 0 aliphatic heterocycles. The zero-order chi connectivity index (χ0) is 19.5. The molecular weight excluding hydrogens is 356 g/mol. The van der Waals surface area contributed by atoms with Gasteiger partial charge < -0.3 is 9.47 Å². The Balaban J connectivity index is 1.86. The summed E-state index contributed by atoms with van der Waals surface area (Å²) < 4.78 is 12.0. The Labute approximate surface area is 160 Å². The topological polar surface area (TPSA) is 70.4 Å². The summed E-state index contributed by atoms with van der Waals surface area (Å²) in [5, 5.41) is 0.963. The fourth-order valence-corrected chi connectivity index (χ4v) is 2.96. The van der Waals surface area contributed by atoms with E-state index in [0.29, 0.717) is 28.0 Å². The average molecular weight is 372 g/mol. The molecule has 0 bridgehead atoms. The van der Waals surface area contributed by atoms with Gasteiger partial charge in [0.2, 0.25) is 0 Å². The number of aromatic nitrogens is 2. The molecule has 2 heterocycles. The standard InChI is InChI=1S/C22H16N2O4/c1-27-16-10-8-15(9-11-16)24-14-20(18-6-2-3-7-19(18)21(24)25)22(26)28-17-5-4-12-23-13-17/h2-14H,1H3. The molecule has 0 N–H and O–H groups in total. The Morgan fingerprint density at radius 3 is 2.36 bits per heavy atom. The van der Waals surface area contributed by atoms with Crippen LogP contribution in [0.3, 0.4) is 0 Å². The molecule has 0 aliphatic carbocycles. The second-order valence-electron chi connectivity index (χ2n) is 6.04. The maximum atomic E-state index is 13.0. The molecule has 0 atom stereocenters. The van der Waals surface area contributed by atoms with E-state index >= 15 is 0 Å². The molecule has 138 valence electrons. The van der Waals surface area contributed by atoms with Gasteiger partial charge in [-0.1, -0.05) is 18.2 Å². The number of carbonyl (C=O) groups is 1. The minimum absolute atomic E-state index is 0.223. The number of ether oxygens (including phenoxy) is 2. The van der Waals surface area contributed by atoms with Gasteiger partial charge in [0.1, 0.15) is 11.5 Å². The van der Waals surface area contributed by atoms with Crippen LogP contribution in [-0.4, -0.2) is 22.6 Å².